The molecular formula is C67H106N2O13P+. The van der Waals surface area contributed by atoms with E-state index in [1.54, 1.807) is 46.4 Å². The van der Waals surface area contributed by atoms with E-state index < -0.39 is 109 Å². The number of unbranched alkanes of at least 4 members (excludes halogenated alkanes) is 2. The van der Waals surface area contributed by atoms with Gasteiger partial charge in [-0.1, -0.05) is 39.0 Å². The number of aliphatic hydroxyl groups is 5. The molecular weight excluding hydrogens is 1070 g/mol. The zero-order valence-electron chi connectivity index (χ0n) is 53.8. The average Bonchev–Trinajstić information content (AvgIpc) is 3.57. The van der Waals surface area contributed by atoms with Crippen molar-refractivity contribution in [1.29, 1.82) is 0 Å². The topological polar surface area (TPSA) is 197 Å². The number of methoxy groups -OCH3 is 1. The van der Waals surface area contributed by atoms with Crippen LogP contribution in [0.4, 0.5) is 0 Å². The molecule has 0 aromatic heterocycles. The average molecular weight is 1180 g/mol. The van der Waals surface area contributed by atoms with Gasteiger partial charge in [-0.15, -0.1) is 0 Å². The molecule has 3 aliphatic rings. The molecule has 0 bridgehead atoms. The van der Waals surface area contributed by atoms with Crippen molar-refractivity contribution in [2.24, 2.45) is 17.8 Å². The first-order chi connectivity index (χ1) is 38.7. The second kappa shape index (κ2) is 28.2. The van der Waals surface area contributed by atoms with Crippen LogP contribution >= 0.6 is 7.26 Å². The molecule has 18 atom stereocenters. The fraction of sp³-hybridized carbons (Fsp3) is 0.701. The van der Waals surface area contributed by atoms with Crippen molar-refractivity contribution >= 4 is 35.1 Å². The highest BCUT2D eigenvalue weighted by Gasteiger charge is 2.54. The second-order valence-corrected chi connectivity index (χ2v) is 30.3. The van der Waals surface area contributed by atoms with Crippen LogP contribution < -0.4 is 15.9 Å². The molecule has 3 aromatic rings. The summed E-state index contributed by atoms with van der Waals surface area (Å²) in [5.74, 6) is -3.38. The summed E-state index contributed by atoms with van der Waals surface area (Å²) in [6, 6.07) is 19.6. The highest BCUT2D eigenvalue weighted by molar-refractivity contribution is 7.95. The third kappa shape index (κ3) is 15.8. The van der Waals surface area contributed by atoms with Crippen LogP contribution in [-0.2, 0) is 38.0 Å². The van der Waals surface area contributed by atoms with Crippen molar-refractivity contribution in [2.75, 3.05) is 33.9 Å². The number of aryl methyl sites for hydroxylation is 6. The van der Waals surface area contributed by atoms with Gasteiger partial charge in [-0.3, -0.25) is 9.59 Å². The van der Waals surface area contributed by atoms with Crippen molar-refractivity contribution in [2.45, 2.75) is 252 Å². The Labute approximate surface area is 498 Å². The molecule has 6 rings (SSSR count). The van der Waals surface area contributed by atoms with Crippen molar-refractivity contribution in [3.8, 4) is 0 Å². The lowest BCUT2D eigenvalue weighted by molar-refractivity contribution is -0.318. The van der Waals surface area contributed by atoms with Crippen molar-refractivity contribution < 1.29 is 63.5 Å². The Bertz CT molecular complexity index is 2460. The smallest absolute Gasteiger partial charge is 0.311 e. The Morgan fingerprint density at radius 1 is 0.735 bits per heavy atom. The fourth-order valence-corrected chi connectivity index (χ4v) is 19.0. The molecule has 3 heterocycles. The molecule has 83 heavy (non-hydrogen) atoms. The van der Waals surface area contributed by atoms with E-state index in [2.05, 4.69) is 96.1 Å². The van der Waals surface area contributed by atoms with E-state index in [0.29, 0.717) is 12.8 Å². The first-order valence-electron chi connectivity index (χ1n) is 30.7. The molecule has 16 heteroatoms. The van der Waals surface area contributed by atoms with Gasteiger partial charge in [-0.25, -0.2) is 0 Å². The van der Waals surface area contributed by atoms with Gasteiger partial charge < -0.3 is 63.8 Å². The third-order valence-corrected chi connectivity index (χ3v) is 23.0. The lowest BCUT2D eigenvalue weighted by atomic mass is 9.77. The normalized spacial score (nSPS) is 35.4. The Hall–Kier alpha value is -3.41. The number of nitrogens with zero attached hydrogens (tertiary/aromatic N) is 2. The number of likely N-dealkylation sites (N-methyl/N-ethyl adjacent to an activating group) is 1. The molecule has 466 valence electrons. The Morgan fingerprint density at radius 3 is 1.73 bits per heavy atom. The maximum Gasteiger partial charge on any atom is 0.311 e. The van der Waals surface area contributed by atoms with Crippen molar-refractivity contribution in [1.82, 2.24) is 9.80 Å². The number of rotatable bonds is 16. The highest BCUT2D eigenvalue weighted by Crippen LogP contribution is 2.57. The molecule has 3 aromatic carbocycles. The number of ether oxygens (including phenoxy) is 6. The number of carbonyl (C=O) groups is 2. The molecule has 0 saturated carbocycles. The van der Waals surface area contributed by atoms with Gasteiger partial charge in [0.05, 0.1) is 53.7 Å². The van der Waals surface area contributed by atoms with Crippen molar-refractivity contribution in [3.05, 3.63) is 88.0 Å². The predicted molar refractivity (Wildman–Crippen MR) is 330 cm³/mol. The molecule has 0 spiro atoms. The SMILES string of the molecule is CC[C@H]1OC(=O)[C@H](C)[C@@H](O[C@H]2C[C@@](C)(OC)[C@@H](O)[C@H](C)O2)[C@H](C)[C@@H](O[C@@H]2O[C@H](C)C[C@H](N(C)C)[C@H]2O)[C@](C)(O)C[C@@H](C)CN(C(=O)CCCCC[P+](c2cc(C)cc(C)c2)(c2cc(C)cc(C)c2)c2cc(C)cc(C)c2)[C@H](C)[C@@H](O)[C@]1(C)O. The fourth-order valence-electron chi connectivity index (χ4n) is 14.1. The number of carbonyl (C=O) groups excluding carboxylic acids is 2. The van der Waals surface area contributed by atoms with Gasteiger partial charge in [0.2, 0.25) is 5.91 Å². The number of esters is 1. The van der Waals surface area contributed by atoms with Crippen LogP contribution in [0.3, 0.4) is 0 Å². The van der Waals surface area contributed by atoms with E-state index in [1.807, 2.05) is 39.8 Å². The Kier molecular flexibility index (Phi) is 23.3. The number of hydrogen-bond donors (Lipinski definition) is 5. The van der Waals surface area contributed by atoms with Crippen LogP contribution in [0.25, 0.3) is 0 Å². The maximum absolute atomic E-state index is 15.1. The van der Waals surface area contributed by atoms with Gasteiger partial charge in [0.15, 0.2) is 12.6 Å². The summed E-state index contributed by atoms with van der Waals surface area (Å²) in [6.07, 6.45) is -6.48. The van der Waals surface area contributed by atoms with Gasteiger partial charge in [0, 0.05) is 38.5 Å². The highest BCUT2D eigenvalue weighted by atomic mass is 31.2. The van der Waals surface area contributed by atoms with Crippen LogP contribution in [0.15, 0.2) is 54.6 Å². The van der Waals surface area contributed by atoms with Gasteiger partial charge >= 0.3 is 5.97 Å². The van der Waals surface area contributed by atoms with E-state index in [9.17, 15) is 30.3 Å². The third-order valence-electron chi connectivity index (χ3n) is 18.6. The van der Waals surface area contributed by atoms with Crippen LogP contribution in [0, 0.1) is 59.3 Å². The van der Waals surface area contributed by atoms with Crippen LogP contribution in [0.1, 0.15) is 154 Å². The minimum Gasteiger partial charge on any atom is -0.459 e. The Balaban J connectivity index is 1.36. The predicted octanol–water partition coefficient (Wildman–Crippen LogP) is 8.20. The lowest BCUT2D eigenvalue weighted by Gasteiger charge is -2.48. The quantitative estimate of drug-likeness (QED) is 0.0523. The van der Waals surface area contributed by atoms with Crippen LogP contribution in [0.5, 0.6) is 0 Å². The van der Waals surface area contributed by atoms with Gasteiger partial charge in [0.25, 0.3) is 0 Å². The first kappa shape index (κ1) is 68.7. The molecule has 15 nitrogen and oxygen atoms in total. The van der Waals surface area contributed by atoms with E-state index in [0.717, 1.165) is 19.0 Å². The van der Waals surface area contributed by atoms with Gasteiger partial charge in [-0.05, 0) is 218 Å². The Morgan fingerprint density at radius 2 is 1.25 bits per heavy atom. The minimum absolute atomic E-state index is 0.0512. The largest absolute Gasteiger partial charge is 0.459 e. The number of hydrogen-bond acceptors (Lipinski definition) is 14. The summed E-state index contributed by atoms with van der Waals surface area (Å²) in [5, 5.41) is 65.2. The zero-order chi connectivity index (χ0) is 61.8. The summed E-state index contributed by atoms with van der Waals surface area (Å²) in [7, 11) is 3.02. The summed E-state index contributed by atoms with van der Waals surface area (Å²) < 4.78 is 38.5. The molecule has 3 saturated heterocycles. The maximum atomic E-state index is 15.1. The van der Waals surface area contributed by atoms with E-state index >= 15 is 4.79 Å². The summed E-state index contributed by atoms with van der Waals surface area (Å²) in [5.41, 5.74) is 2.46. The molecule has 3 fully saturated rings. The van der Waals surface area contributed by atoms with Crippen LogP contribution in [-0.4, -0.2) is 171 Å². The number of amides is 1. The summed E-state index contributed by atoms with van der Waals surface area (Å²) in [6.45, 7) is 30.5. The van der Waals surface area contributed by atoms with Crippen LogP contribution in [0.2, 0.25) is 0 Å². The molecule has 3 aliphatic heterocycles. The van der Waals surface area contributed by atoms with Gasteiger partial charge in [-0.2, -0.15) is 0 Å². The first-order valence-corrected chi connectivity index (χ1v) is 32.6. The number of aliphatic hydroxyl groups excluding tert-OH is 3. The molecule has 0 radical (unpaired) electrons. The lowest BCUT2D eigenvalue weighted by Crippen LogP contribution is -2.60. The standard InChI is InChI=1S/C67H106N2O13P/c1-20-55-67(16,76)60(72)49(12)69(56(70)24-22-21-23-25-83(51-29-39(2)26-40(3)30-51,52-31-41(4)27-42(5)32-52)53-33-43(6)28-44(7)34-53)38-45(8)36-65(14,75)62(82-64-58(71)54(68(17)18)35-46(9)78-64)47(10)59(48(11)63(74)80-55)81-57-37-66(15,77-19)61(73)50(13)79-57/h26-34,45-50,54-55,57-62,64,71-73,75-76H,20-25,35-38H2,1-19H3/q+1/t45-,46-,47+,48-,49-,50+,54+,55-,57+,58-,59+,60-,61+,62-,64+,65-,66-,67-/m1/s1. The minimum atomic E-state index is -2.25. The molecule has 5 N–H and O–H groups in total. The number of benzene rings is 3. The molecule has 1 amide bonds. The second-order valence-electron chi connectivity index (χ2n) is 26.7. The monoisotopic (exact) mass is 1180 g/mol. The zero-order valence-corrected chi connectivity index (χ0v) is 54.7. The van der Waals surface area contributed by atoms with Gasteiger partial charge in [0.1, 0.15) is 53.2 Å². The van der Waals surface area contributed by atoms with Crippen molar-refractivity contribution in [3.63, 3.8) is 0 Å². The molecule has 0 aliphatic carbocycles. The van der Waals surface area contributed by atoms with E-state index in [4.69, 9.17) is 28.4 Å². The summed E-state index contributed by atoms with van der Waals surface area (Å²) in [4.78, 5) is 33.5. The van der Waals surface area contributed by atoms with E-state index in [-0.39, 0.29) is 50.3 Å². The van der Waals surface area contributed by atoms with E-state index in [1.165, 1.54) is 63.3 Å². The molecule has 0 unspecified atom stereocenters. The number of cyclic esters (lactones) is 1. The summed E-state index contributed by atoms with van der Waals surface area (Å²) >= 11 is 0.